The normalized spacial score (nSPS) is 13.6. The number of nitrogen functional groups attached to an aromatic ring is 1. The quantitative estimate of drug-likeness (QED) is 0.883. The van der Waals surface area contributed by atoms with Crippen molar-refractivity contribution in [3.63, 3.8) is 0 Å². The topological polar surface area (TPSA) is 85.1 Å². The predicted molar refractivity (Wildman–Crippen MR) is 79.1 cm³/mol. The summed E-state index contributed by atoms with van der Waals surface area (Å²) in [5, 5.41) is 4.26. The van der Waals surface area contributed by atoms with E-state index < -0.39 is 10.0 Å². The number of hydrogen-bond donors (Lipinski definition) is 2. The first kappa shape index (κ1) is 14.4. The van der Waals surface area contributed by atoms with Gasteiger partial charge in [0.15, 0.2) is 9.34 Å². The highest BCUT2D eigenvalue weighted by Gasteiger charge is 2.23. The molecule has 0 aromatic carbocycles. The van der Waals surface area contributed by atoms with E-state index in [4.69, 9.17) is 5.73 Å². The number of sulfonamides is 1. The maximum atomic E-state index is 12.2. The van der Waals surface area contributed by atoms with Crippen molar-refractivity contribution in [2.24, 2.45) is 0 Å². The van der Waals surface area contributed by atoms with E-state index in [-0.39, 0.29) is 15.4 Å². The first-order chi connectivity index (χ1) is 8.88. The highest BCUT2D eigenvalue weighted by atomic mass is 32.2. The Morgan fingerprint density at radius 3 is 2.79 bits per heavy atom. The molecule has 5 nitrogen and oxygen atoms in total. The van der Waals surface area contributed by atoms with Crippen LogP contribution in [0.3, 0.4) is 0 Å². The summed E-state index contributed by atoms with van der Waals surface area (Å²) in [6.07, 6.45) is 0.663. The fourth-order valence-corrected chi connectivity index (χ4v) is 5.02. The standard InChI is InChI=1S/C11H15N3O2S3/c1-7(5-9-3-4-17-6-9)14-19(15,16)10-8(2)13-11(12)18-10/h3-4,6-7,14H,5H2,1-2H3,(H2,12,13). The Hall–Kier alpha value is -0.960. The van der Waals surface area contributed by atoms with Gasteiger partial charge in [-0.3, -0.25) is 0 Å². The molecule has 0 aliphatic rings. The van der Waals surface area contributed by atoms with E-state index in [0.717, 1.165) is 16.9 Å². The third-order valence-corrected chi connectivity index (χ3v) is 6.41. The third kappa shape index (κ3) is 3.53. The zero-order valence-corrected chi connectivity index (χ0v) is 13.0. The van der Waals surface area contributed by atoms with Crippen molar-refractivity contribution in [2.45, 2.75) is 30.5 Å². The van der Waals surface area contributed by atoms with Crippen molar-refractivity contribution in [3.8, 4) is 0 Å². The molecule has 0 saturated carbocycles. The van der Waals surface area contributed by atoms with Gasteiger partial charge in [-0.25, -0.2) is 18.1 Å². The van der Waals surface area contributed by atoms with E-state index in [1.807, 2.05) is 23.8 Å². The number of thiazole rings is 1. The minimum Gasteiger partial charge on any atom is -0.375 e. The number of aryl methyl sites for hydroxylation is 1. The molecule has 0 bridgehead atoms. The van der Waals surface area contributed by atoms with Crippen LogP contribution in [0.1, 0.15) is 18.2 Å². The van der Waals surface area contributed by atoms with Crippen LogP contribution in [-0.4, -0.2) is 19.4 Å². The molecule has 0 fully saturated rings. The lowest BCUT2D eigenvalue weighted by molar-refractivity contribution is 0.561. The van der Waals surface area contributed by atoms with Gasteiger partial charge in [-0.1, -0.05) is 11.3 Å². The zero-order chi connectivity index (χ0) is 14.0. The van der Waals surface area contributed by atoms with Crippen molar-refractivity contribution in [1.82, 2.24) is 9.71 Å². The maximum Gasteiger partial charge on any atom is 0.252 e. The van der Waals surface area contributed by atoms with Gasteiger partial charge >= 0.3 is 0 Å². The molecule has 8 heteroatoms. The van der Waals surface area contributed by atoms with Crippen LogP contribution < -0.4 is 10.5 Å². The van der Waals surface area contributed by atoms with E-state index in [1.165, 1.54) is 0 Å². The van der Waals surface area contributed by atoms with Crippen LogP contribution in [0, 0.1) is 6.92 Å². The Kier molecular flexibility index (Phi) is 4.24. The summed E-state index contributed by atoms with van der Waals surface area (Å²) in [5.41, 5.74) is 7.10. The van der Waals surface area contributed by atoms with E-state index in [9.17, 15) is 8.42 Å². The van der Waals surface area contributed by atoms with Crippen molar-refractivity contribution < 1.29 is 8.42 Å². The Labute approximate surface area is 120 Å². The van der Waals surface area contributed by atoms with Gasteiger partial charge < -0.3 is 5.73 Å². The van der Waals surface area contributed by atoms with E-state index >= 15 is 0 Å². The van der Waals surface area contributed by atoms with Gasteiger partial charge in [0.2, 0.25) is 0 Å². The fraction of sp³-hybridized carbons (Fsp3) is 0.364. The zero-order valence-electron chi connectivity index (χ0n) is 10.6. The molecule has 2 rings (SSSR count). The lowest BCUT2D eigenvalue weighted by Gasteiger charge is -2.12. The molecule has 19 heavy (non-hydrogen) atoms. The molecule has 0 aliphatic carbocycles. The third-order valence-electron chi connectivity index (χ3n) is 2.49. The lowest BCUT2D eigenvalue weighted by Crippen LogP contribution is -2.33. The molecule has 1 unspecified atom stereocenters. The first-order valence-electron chi connectivity index (χ1n) is 5.65. The summed E-state index contributed by atoms with van der Waals surface area (Å²) in [7, 11) is -3.54. The monoisotopic (exact) mass is 317 g/mol. The Morgan fingerprint density at radius 1 is 1.53 bits per heavy atom. The van der Waals surface area contributed by atoms with Crippen LogP contribution in [0.5, 0.6) is 0 Å². The molecule has 0 spiro atoms. The summed E-state index contributed by atoms with van der Waals surface area (Å²) in [6, 6.07) is 1.81. The molecule has 2 heterocycles. The van der Waals surface area contributed by atoms with Crippen LogP contribution >= 0.6 is 22.7 Å². The van der Waals surface area contributed by atoms with Crippen LogP contribution in [0.4, 0.5) is 5.13 Å². The van der Waals surface area contributed by atoms with Crippen LogP contribution in [0.15, 0.2) is 21.0 Å². The van der Waals surface area contributed by atoms with Crippen molar-refractivity contribution in [3.05, 3.63) is 28.1 Å². The number of aromatic nitrogens is 1. The second-order valence-electron chi connectivity index (χ2n) is 4.28. The number of anilines is 1. The molecule has 2 aromatic rings. The first-order valence-corrected chi connectivity index (χ1v) is 8.89. The molecular formula is C11H15N3O2S3. The summed E-state index contributed by atoms with van der Waals surface area (Å²) < 4.78 is 27.3. The summed E-state index contributed by atoms with van der Waals surface area (Å²) >= 11 is 2.59. The van der Waals surface area contributed by atoms with E-state index in [0.29, 0.717) is 12.1 Å². The average molecular weight is 317 g/mol. The largest absolute Gasteiger partial charge is 0.375 e. The smallest absolute Gasteiger partial charge is 0.252 e. The molecule has 1 atom stereocenters. The van der Waals surface area contributed by atoms with E-state index in [1.54, 1.807) is 18.3 Å². The van der Waals surface area contributed by atoms with Gasteiger partial charge in [0.25, 0.3) is 10.0 Å². The highest BCUT2D eigenvalue weighted by Crippen LogP contribution is 2.25. The van der Waals surface area contributed by atoms with Crippen molar-refractivity contribution >= 4 is 37.8 Å². The second-order valence-corrected chi connectivity index (χ2v) is 8.00. The molecule has 3 N–H and O–H groups in total. The number of nitrogens with zero attached hydrogens (tertiary/aromatic N) is 1. The number of hydrogen-bond acceptors (Lipinski definition) is 6. The van der Waals surface area contributed by atoms with Crippen LogP contribution in [0.2, 0.25) is 0 Å². The molecule has 0 aliphatic heterocycles. The molecule has 0 saturated heterocycles. The van der Waals surface area contributed by atoms with Crippen LogP contribution in [-0.2, 0) is 16.4 Å². The maximum absolute atomic E-state index is 12.2. The minimum atomic E-state index is -3.54. The number of thiophene rings is 1. The summed E-state index contributed by atoms with van der Waals surface area (Å²) in [5.74, 6) is 0. The van der Waals surface area contributed by atoms with Crippen LogP contribution in [0.25, 0.3) is 0 Å². The molecule has 104 valence electrons. The van der Waals surface area contributed by atoms with E-state index in [2.05, 4.69) is 9.71 Å². The second kappa shape index (κ2) is 5.58. The van der Waals surface area contributed by atoms with Gasteiger partial charge in [0.05, 0.1) is 5.69 Å². The number of rotatable bonds is 5. The lowest BCUT2D eigenvalue weighted by atomic mass is 10.1. The molecular weight excluding hydrogens is 302 g/mol. The Morgan fingerprint density at radius 2 is 2.26 bits per heavy atom. The highest BCUT2D eigenvalue weighted by molar-refractivity contribution is 7.91. The van der Waals surface area contributed by atoms with Gasteiger partial charge in [0.1, 0.15) is 0 Å². The number of nitrogens with two attached hydrogens (primary N) is 1. The van der Waals surface area contributed by atoms with Gasteiger partial charge in [-0.15, -0.1) is 0 Å². The molecule has 2 aromatic heterocycles. The van der Waals surface area contributed by atoms with Crippen molar-refractivity contribution in [1.29, 1.82) is 0 Å². The number of nitrogens with one attached hydrogen (secondary N) is 1. The SMILES string of the molecule is Cc1nc(N)sc1S(=O)(=O)NC(C)Cc1ccsc1. The van der Waals surface area contributed by atoms with Gasteiger partial charge in [-0.05, 0) is 42.7 Å². The van der Waals surface area contributed by atoms with Crippen molar-refractivity contribution in [2.75, 3.05) is 5.73 Å². The molecule has 0 radical (unpaired) electrons. The van der Waals surface area contributed by atoms with Gasteiger partial charge in [-0.2, -0.15) is 11.3 Å². The fourth-order valence-electron chi connectivity index (χ4n) is 1.77. The van der Waals surface area contributed by atoms with Gasteiger partial charge in [0, 0.05) is 6.04 Å². The molecule has 0 amide bonds. The summed E-state index contributed by atoms with van der Waals surface area (Å²) in [4.78, 5) is 3.94. The minimum absolute atomic E-state index is 0.178. The average Bonchev–Trinajstić information content (AvgIpc) is 2.87. The Bertz CT molecular complexity index is 647. The predicted octanol–water partition coefficient (Wildman–Crippen LogP) is 2.00. The summed E-state index contributed by atoms with van der Waals surface area (Å²) in [6.45, 7) is 3.49. The Balaban J connectivity index is 2.11.